The molecule has 0 radical (unpaired) electrons. The number of amides is 2. The lowest BCUT2D eigenvalue weighted by Gasteiger charge is -2.30. The van der Waals surface area contributed by atoms with E-state index in [4.69, 9.17) is 9.47 Å². The molecule has 1 fully saturated rings. The molecule has 1 aromatic carbocycles. The van der Waals surface area contributed by atoms with Crippen LogP contribution in [0.5, 0.6) is 5.75 Å². The van der Waals surface area contributed by atoms with Gasteiger partial charge in [-0.3, -0.25) is 4.79 Å². The highest BCUT2D eigenvalue weighted by Crippen LogP contribution is 2.26. The van der Waals surface area contributed by atoms with Crippen LogP contribution in [0.4, 0.5) is 4.79 Å². The van der Waals surface area contributed by atoms with Crippen molar-refractivity contribution < 1.29 is 19.1 Å². The van der Waals surface area contributed by atoms with E-state index in [0.29, 0.717) is 36.1 Å². The van der Waals surface area contributed by atoms with Crippen LogP contribution in [0.2, 0.25) is 0 Å². The smallest absolute Gasteiger partial charge is 0.407 e. The summed E-state index contributed by atoms with van der Waals surface area (Å²) in [5, 5.41) is 19.0. The second-order valence-corrected chi connectivity index (χ2v) is 11.0. The molecule has 2 N–H and O–H groups in total. The van der Waals surface area contributed by atoms with Gasteiger partial charge in [-0.15, -0.1) is 10.2 Å². The molecule has 39 heavy (non-hydrogen) atoms. The third-order valence-corrected chi connectivity index (χ3v) is 6.41. The maximum atomic E-state index is 12.9. The summed E-state index contributed by atoms with van der Waals surface area (Å²) in [5.74, 6) is 1.18. The third-order valence-electron chi connectivity index (χ3n) is 6.41. The van der Waals surface area contributed by atoms with E-state index in [1.165, 1.54) is 0 Å². The van der Waals surface area contributed by atoms with Gasteiger partial charge in [-0.25, -0.2) is 9.78 Å². The van der Waals surface area contributed by atoms with E-state index in [1.54, 1.807) is 18.0 Å². The number of nitrogens with zero attached hydrogens (tertiary/aromatic N) is 5. The molecule has 4 rings (SSSR count). The number of rotatable bonds is 8. The molecule has 3 aromatic rings. The van der Waals surface area contributed by atoms with Crippen molar-refractivity contribution in [2.24, 2.45) is 5.92 Å². The zero-order valence-electron chi connectivity index (χ0n) is 23.2. The maximum Gasteiger partial charge on any atom is 0.407 e. The van der Waals surface area contributed by atoms with E-state index in [1.807, 2.05) is 58.0 Å². The average molecular weight is 536 g/mol. The van der Waals surface area contributed by atoms with Crippen molar-refractivity contribution in [3.8, 4) is 17.1 Å². The number of aryl methyl sites for hydroxylation is 1. The minimum atomic E-state index is -0.527. The Labute approximate surface area is 228 Å². The molecule has 0 unspecified atom stereocenters. The van der Waals surface area contributed by atoms with Crippen LogP contribution in [0.3, 0.4) is 0 Å². The quantitative estimate of drug-likeness (QED) is 0.441. The largest absolute Gasteiger partial charge is 0.497 e. The predicted octanol–water partition coefficient (Wildman–Crippen LogP) is 4.07. The number of tetrazole rings is 1. The van der Waals surface area contributed by atoms with Crippen molar-refractivity contribution in [3.63, 3.8) is 0 Å². The van der Waals surface area contributed by atoms with E-state index < -0.39 is 5.60 Å². The lowest BCUT2D eigenvalue weighted by Crippen LogP contribution is -2.42. The molecule has 11 nitrogen and oxygen atoms in total. The molecule has 208 valence electrons. The molecular weight excluding hydrogens is 498 g/mol. The molecule has 0 spiro atoms. The normalized spacial score (nSPS) is 17.4. The number of nitrogens with one attached hydrogen (secondary N) is 2. The molecule has 0 bridgehead atoms. The Bertz CT molecular complexity index is 1300. The van der Waals surface area contributed by atoms with Crippen molar-refractivity contribution in [1.29, 1.82) is 0 Å². The minimum Gasteiger partial charge on any atom is -0.497 e. The summed E-state index contributed by atoms with van der Waals surface area (Å²) in [5.41, 5.74) is 2.03. The average Bonchev–Trinajstić information content (AvgIpc) is 3.34. The van der Waals surface area contributed by atoms with Crippen LogP contribution >= 0.6 is 0 Å². The molecular formula is C28H37N7O4. The number of aromatic nitrogens is 5. The van der Waals surface area contributed by atoms with Crippen molar-refractivity contribution in [2.75, 3.05) is 7.11 Å². The Morgan fingerprint density at radius 2 is 1.97 bits per heavy atom. The number of hydrogen-bond donors (Lipinski definition) is 2. The topological polar surface area (TPSA) is 133 Å². The van der Waals surface area contributed by atoms with Crippen LogP contribution in [-0.2, 0) is 17.8 Å². The zero-order chi connectivity index (χ0) is 28.0. The molecule has 1 aliphatic carbocycles. The number of alkyl carbamates (subject to hydrolysis) is 1. The second kappa shape index (κ2) is 12.2. The van der Waals surface area contributed by atoms with Crippen molar-refractivity contribution in [1.82, 2.24) is 35.8 Å². The Morgan fingerprint density at radius 1 is 1.15 bits per heavy atom. The molecule has 0 aliphatic heterocycles. The lowest BCUT2D eigenvalue weighted by atomic mass is 9.86. The van der Waals surface area contributed by atoms with Gasteiger partial charge >= 0.3 is 6.09 Å². The van der Waals surface area contributed by atoms with E-state index in [0.717, 1.165) is 37.0 Å². The molecule has 11 heteroatoms. The van der Waals surface area contributed by atoms with Gasteiger partial charge in [0, 0.05) is 23.8 Å². The third kappa shape index (κ3) is 8.23. The summed E-state index contributed by atoms with van der Waals surface area (Å²) in [6, 6.07) is 11.1. The molecule has 1 aliphatic rings. The summed E-state index contributed by atoms with van der Waals surface area (Å²) in [4.78, 5) is 31.0. The van der Waals surface area contributed by atoms with Gasteiger partial charge in [0.05, 0.1) is 13.7 Å². The monoisotopic (exact) mass is 535 g/mol. The summed E-state index contributed by atoms with van der Waals surface area (Å²) in [7, 11) is 1.61. The zero-order valence-corrected chi connectivity index (χ0v) is 23.2. The first kappa shape index (κ1) is 28.0. The number of benzene rings is 1. The molecule has 2 heterocycles. The first-order valence-electron chi connectivity index (χ1n) is 13.3. The van der Waals surface area contributed by atoms with Crippen molar-refractivity contribution in [3.05, 3.63) is 53.3 Å². The van der Waals surface area contributed by atoms with Crippen LogP contribution in [0.1, 0.15) is 68.2 Å². The predicted molar refractivity (Wildman–Crippen MR) is 145 cm³/mol. The van der Waals surface area contributed by atoms with E-state index in [2.05, 4.69) is 31.0 Å². The lowest BCUT2D eigenvalue weighted by molar-refractivity contribution is 0.0482. The minimum absolute atomic E-state index is 0.0579. The molecule has 1 saturated carbocycles. The first-order chi connectivity index (χ1) is 18.6. The van der Waals surface area contributed by atoms with E-state index in [9.17, 15) is 9.59 Å². The Morgan fingerprint density at radius 3 is 2.74 bits per heavy atom. The van der Waals surface area contributed by atoms with Crippen LogP contribution in [0.15, 0.2) is 36.4 Å². The number of pyridine rings is 1. The summed E-state index contributed by atoms with van der Waals surface area (Å²) in [6.07, 6.45) is 3.39. The van der Waals surface area contributed by atoms with Gasteiger partial charge in [-0.2, -0.15) is 4.80 Å². The summed E-state index contributed by atoms with van der Waals surface area (Å²) in [6.45, 7) is 8.33. The van der Waals surface area contributed by atoms with Gasteiger partial charge in [-0.05, 0) is 87.9 Å². The number of ether oxygens (including phenoxy) is 2. The van der Waals surface area contributed by atoms with Gasteiger partial charge in [0.15, 0.2) is 0 Å². The standard InChI is InChI=1S/C28H37N7O4/c1-18-12-21(15-24(30-18)26(36)29-16-19-8-7-11-23(14-19)38-5)25-32-34-35(33-25)17-20-9-6-10-22(13-20)31-27(37)39-28(2,3)4/h7-8,11-12,14-15,20,22H,6,9-10,13,16-17H2,1-5H3,(H,29,36)(H,31,37)/t20-,22+/m0/s1. The highest BCUT2D eigenvalue weighted by molar-refractivity contribution is 5.93. The fourth-order valence-electron chi connectivity index (χ4n) is 4.70. The highest BCUT2D eigenvalue weighted by Gasteiger charge is 2.26. The summed E-state index contributed by atoms with van der Waals surface area (Å²) < 4.78 is 10.6. The number of carbonyl (C=O) groups is 2. The SMILES string of the molecule is COc1cccc(CNC(=O)c2cc(-c3nnn(C[C@H]4CCC[C@@H](NC(=O)OC(C)(C)C)C4)n3)cc(C)n2)c1. The fourth-order valence-corrected chi connectivity index (χ4v) is 4.70. The number of carbonyl (C=O) groups excluding carboxylic acids is 2. The van der Waals surface area contributed by atoms with Crippen LogP contribution < -0.4 is 15.4 Å². The van der Waals surface area contributed by atoms with Gasteiger partial charge in [0.25, 0.3) is 5.91 Å². The Hall–Kier alpha value is -4.02. The Balaban J connectivity index is 1.36. The second-order valence-electron chi connectivity index (χ2n) is 11.0. The maximum absolute atomic E-state index is 12.9. The van der Waals surface area contributed by atoms with Crippen LogP contribution in [-0.4, -0.2) is 55.9 Å². The molecule has 2 aromatic heterocycles. The van der Waals surface area contributed by atoms with Crippen molar-refractivity contribution in [2.45, 2.75) is 78.1 Å². The molecule has 2 atom stereocenters. The van der Waals surface area contributed by atoms with Gasteiger partial charge in [0.1, 0.15) is 17.0 Å². The van der Waals surface area contributed by atoms with Crippen LogP contribution in [0, 0.1) is 12.8 Å². The Kier molecular flexibility index (Phi) is 8.78. The van der Waals surface area contributed by atoms with Crippen LogP contribution in [0.25, 0.3) is 11.4 Å². The number of methoxy groups -OCH3 is 1. The van der Waals surface area contributed by atoms with E-state index >= 15 is 0 Å². The molecule has 0 saturated heterocycles. The first-order valence-corrected chi connectivity index (χ1v) is 13.3. The van der Waals surface area contributed by atoms with Gasteiger partial charge in [-0.1, -0.05) is 18.6 Å². The fraction of sp³-hybridized carbons (Fsp3) is 0.500. The molecule has 2 amide bonds. The van der Waals surface area contributed by atoms with Gasteiger partial charge < -0.3 is 20.1 Å². The van der Waals surface area contributed by atoms with E-state index in [-0.39, 0.29) is 23.7 Å². The van der Waals surface area contributed by atoms with Gasteiger partial charge in [0.2, 0.25) is 5.82 Å². The summed E-state index contributed by atoms with van der Waals surface area (Å²) >= 11 is 0. The number of hydrogen-bond acceptors (Lipinski definition) is 8. The van der Waals surface area contributed by atoms with Crippen molar-refractivity contribution >= 4 is 12.0 Å². The highest BCUT2D eigenvalue weighted by atomic mass is 16.6.